The lowest BCUT2D eigenvalue weighted by Gasteiger charge is -2.30. The highest BCUT2D eigenvalue weighted by molar-refractivity contribution is 7.89. The van der Waals surface area contributed by atoms with Gasteiger partial charge in [0.1, 0.15) is 5.52 Å². The van der Waals surface area contributed by atoms with Crippen molar-refractivity contribution >= 4 is 38.6 Å². The number of likely N-dealkylation sites (tertiary alicyclic amines) is 1. The zero-order valence-electron chi connectivity index (χ0n) is 15.5. The molecule has 0 radical (unpaired) electrons. The molecule has 1 aliphatic heterocycles. The summed E-state index contributed by atoms with van der Waals surface area (Å²) < 4.78 is 28.5. The van der Waals surface area contributed by atoms with Gasteiger partial charge >= 0.3 is 0 Å². The van der Waals surface area contributed by atoms with Crippen LogP contribution >= 0.6 is 11.6 Å². The topological polar surface area (TPSA) is 106 Å². The molecule has 1 aliphatic rings. The first-order chi connectivity index (χ1) is 13.8. The number of piperidine rings is 1. The van der Waals surface area contributed by atoms with Crippen LogP contribution in [-0.2, 0) is 21.2 Å². The Bertz CT molecular complexity index is 1150. The van der Waals surface area contributed by atoms with Gasteiger partial charge in [-0.1, -0.05) is 23.7 Å². The molecule has 2 aromatic carbocycles. The molecule has 0 spiro atoms. The molecule has 2 N–H and O–H groups in total. The molecule has 0 atom stereocenters. The third kappa shape index (κ3) is 4.44. The Labute approximate surface area is 173 Å². The molecule has 0 bridgehead atoms. The van der Waals surface area contributed by atoms with E-state index in [0.717, 1.165) is 23.9 Å². The molecule has 29 heavy (non-hydrogen) atoms. The number of nitrogens with zero attached hydrogens (tertiary/aromatic N) is 2. The predicted molar refractivity (Wildman–Crippen MR) is 109 cm³/mol. The third-order valence-electron chi connectivity index (χ3n) is 5.17. The van der Waals surface area contributed by atoms with Crippen LogP contribution in [0.25, 0.3) is 11.1 Å². The highest BCUT2D eigenvalue weighted by Crippen LogP contribution is 2.31. The zero-order valence-corrected chi connectivity index (χ0v) is 17.1. The molecule has 1 amide bonds. The highest BCUT2D eigenvalue weighted by Gasteiger charge is 2.27. The maximum absolute atomic E-state index is 12.6. The summed E-state index contributed by atoms with van der Waals surface area (Å²) in [4.78, 5) is 19.0. The highest BCUT2D eigenvalue weighted by atomic mass is 35.5. The standard InChI is InChI=1S/C20H20ClN3O4S/c21-15-3-6-18-17(12-15)23-20(28-18)14-7-9-24(10-8-14)19(25)11-13-1-4-16(5-2-13)29(22,26)27/h1-6,12,14H,7-11H2,(H2,22,26,27). The molecule has 7 nitrogen and oxygen atoms in total. The number of carbonyl (C=O) groups excluding carboxylic acids is 1. The first kappa shape index (κ1) is 19.9. The molecule has 9 heteroatoms. The van der Waals surface area contributed by atoms with E-state index in [9.17, 15) is 13.2 Å². The molecule has 1 saturated heterocycles. The molecule has 4 rings (SSSR count). The van der Waals surface area contributed by atoms with Crippen LogP contribution in [0.4, 0.5) is 0 Å². The van der Waals surface area contributed by atoms with E-state index in [1.54, 1.807) is 24.3 Å². The quantitative estimate of drug-likeness (QED) is 0.680. The van der Waals surface area contributed by atoms with Gasteiger partial charge in [-0.2, -0.15) is 0 Å². The number of hydrogen-bond donors (Lipinski definition) is 1. The number of halogens is 1. The van der Waals surface area contributed by atoms with Crippen molar-refractivity contribution in [3.63, 3.8) is 0 Å². The van der Waals surface area contributed by atoms with Gasteiger partial charge in [-0.25, -0.2) is 18.5 Å². The van der Waals surface area contributed by atoms with Gasteiger partial charge in [0, 0.05) is 24.0 Å². The van der Waals surface area contributed by atoms with Crippen LogP contribution in [0.5, 0.6) is 0 Å². The van der Waals surface area contributed by atoms with E-state index in [2.05, 4.69) is 4.98 Å². The summed E-state index contributed by atoms with van der Waals surface area (Å²) in [7, 11) is -3.73. The second kappa shape index (κ2) is 7.78. The monoisotopic (exact) mass is 433 g/mol. The minimum absolute atomic E-state index is 0.0103. The molecular formula is C20H20ClN3O4S. The van der Waals surface area contributed by atoms with Gasteiger partial charge in [0.25, 0.3) is 0 Å². The van der Waals surface area contributed by atoms with E-state index in [-0.39, 0.29) is 23.1 Å². The second-order valence-corrected chi connectivity index (χ2v) is 9.18. The van der Waals surface area contributed by atoms with Gasteiger partial charge in [-0.3, -0.25) is 4.79 Å². The Hall–Kier alpha value is -2.42. The van der Waals surface area contributed by atoms with Gasteiger partial charge in [-0.15, -0.1) is 0 Å². The fraction of sp³-hybridized carbons (Fsp3) is 0.300. The van der Waals surface area contributed by atoms with E-state index in [0.29, 0.717) is 29.6 Å². The number of fused-ring (bicyclic) bond motifs is 1. The number of rotatable bonds is 4. The maximum atomic E-state index is 12.6. The van der Waals surface area contributed by atoms with Gasteiger partial charge in [0.2, 0.25) is 15.9 Å². The van der Waals surface area contributed by atoms with Crippen LogP contribution in [0.3, 0.4) is 0 Å². The Balaban J connectivity index is 1.36. The molecule has 1 fully saturated rings. The lowest BCUT2D eigenvalue weighted by atomic mass is 9.96. The fourth-order valence-corrected chi connectivity index (χ4v) is 4.23. The van der Waals surface area contributed by atoms with Gasteiger partial charge in [0.15, 0.2) is 11.5 Å². The summed E-state index contributed by atoms with van der Waals surface area (Å²) in [5, 5.41) is 5.72. The lowest BCUT2D eigenvalue weighted by molar-refractivity contribution is -0.131. The Kier molecular flexibility index (Phi) is 5.33. The van der Waals surface area contributed by atoms with Crippen LogP contribution < -0.4 is 5.14 Å². The molecule has 0 unspecified atom stereocenters. The summed E-state index contributed by atoms with van der Waals surface area (Å²) in [6.45, 7) is 1.25. The van der Waals surface area contributed by atoms with Gasteiger partial charge in [-0.05, 0) is 48.7 Å². The molecule has 3 aromatic rings. The van der Waals surface area contributed by atoms with Crippen molar-refractivity contribution in [2.24, 2.45) is 5.14 Å². The number of carbonyl (C=O) groups is 1. The maximum Gasteiger partial charge on any atom is 0.238 e. The van der Waals surface area contributed by atoms with Crippen LogP contribution in [0, 0.1) is 0 Å². The summed E-state index contributed by atoms with van der Waals surface area (Å²) in [5.41, 5.74) is 2.21. The first-order valence-electron chi connectivity index (χ1n) is 9.25. The van der Waals surface area contributed by atoms with Crippen molar-refractivity contribution in [1.29, 1.82) is 0 Å². The number of hydrogen-bond acceptors (Lipinski definition) is 5. The minimum Gasteiger partial charge on any atom is -0.440 e. The number of primary sulfonamides is 1. The third-order valence-corrected chi connectivity index (χ3v) is 6.33. The zero-order chi connectivity index (χ0) is 20.6. The van der Waals surface area contributed by atoms with Crippen molar-refractivity contribution < 1.29 is 17.6 Å². The van der Waals surface area contributed by atoms with Crippen LogP contribution in [0.2, 0.25) is 5.02 Å². The van der Waals surface area contributed by atoms with Gasteiger partial charge in [0.05, 0.1) is 11.3 Å². The van der Waals surface area contributed by atoms with Crippen molar-refractivity contribution in [2.45, 2.75) is 30.1 Å². The smallest absolute Gasteiger partial charge is 0.238 e. The number of oxazole rings is 1. The van der Waals surface area contributed by atoms with Crippen molar-refractivity contribution in [3.8, 4) is 0 Å². The largest absolute Gasteiger partial charge is 0.440 e. The van der Waals surface area contributed by atoms with Crippen LogP contribution in [-0.4, -0.2) is 37.3 Å². The average Bonchev–Trinajstić information content (AvgIpc) is 3.11. The SMILES string of the molecule is NS(=O)(=O)c1ccc(CC(=O)N2CCC(c3nc4cc(Cl)ccc4o3)CC2)cc1. The number of benzene rings is 2. The van der Waals surface area contributed by atoms with Crippen molar-refractivity contribution in [3.05, 3.63) is 58.9 Å². The first-order valence-corrected chi connectivity index (χ1v) is 11.2. The second-order valence-electron chi connectivity index (χ2n) is 7.18. The van der Waals surface area contributed by atoms with E-state index < -0.39 is 10.0 Å². The Morgan fingerprint density at radius 3 is 2.52 bits per heavy atom. The number of sulfonamides is 1. The summed E-state index contributed by atoms with van der Waals surface area (Å²) in [6, 6.07) is 11.4. The van der Waals surface area contributed by atoms with E-state index >= 15 is 0 Å². The summed E-state index contributed by atoms with van der Waals surface area (Å²) in [6.07, 6.45) is 1.77. The number of nitrogens with two attached hydrogens (primary N) is 1. The fourth-order valence-electron chi connectivity index (χ4n) is 3.55. The minimum atomic E-state index is -3.73. The Morgan fingerprint density at radius 2 is 1.86 bits per heavy atom. The molecule has 1 aromatic heterocycles. The van der Waals surface area contributed by atoms with Crippen LogP contribution in [0.1, 0.15) is 30.2 Å². The lowest BCUT2D eigenvalue weighted by Crippen LogP contribution is -2.38. The molecule has 0 saturated carbocycles. The van der Waals surface area contributed by atoms with E-state index in [1.165, 1.54) is 12.1 Å². The summed E-state index contributed by atoms with van der Waals surface area (Å²) >= 11 is 6.00. The predicted octanol–water partition coefficient (Wildman–Crippen LogP) is 3.08. The van der Waals surface area contributed by atoms with Gasteiger partial charge < -0.3 is 9.32 Å². The molecule has 152 valence electrons. The summed E-state index contributed by atoms with van der Waals surface area (Å²) in [5.74, 6) is 0.864. The van der Waals surface area contributed by atoms with Crippen molar-refractivity contribution in [1.82, 2.24) is 9.88 Å². The van der Waals surface area contributed by atoms with Crippen molar-refractivity contribution in [2.75, 3.05) is 13.1 Å². The number of aromatic nitrogens is 1. The molecule has 0 aliphatic carbocycles. The van der Waals surface area contributed by atoms with Crippen LogP contribution in [0.15, 0.2) is 51.8 Å². The molecular weight excluding hydrogens is 414 g/mol. The normalized spacial score (nSPS) is 15.7. The molecule has 2 heterocycles. The number of amides is 1. The Morgan fingerprint density at radius 1 is 1.17 bits per heavy atom. The van der Waals surface area contributed by atoms with E-state index in [4.69, 9.17) is 21.2 Å². The van der Waals surface area contributed by atoms with E-state index in [1.807, 2.05) is 11.0 Å². The average molecular weight is 434 g/mol.